The van der Waals surface area contributed by atoms with Crippen molar-refractivity contribution >= 4 is 22.3 Å². The molecule has 1 unspecified atom stereocenters. The predicted molar refractivity (Wildman–Crippen MR) is 76.9 cm³/mol. The topological polar surface area (TPSA) is 36.9 Å². The van der Waals surface area contributed by atoms with E-state index in [0.717, 1.165) is 32.1 Å². The van der Waals surface area contributed by atoms with Crippen LogP contribution in [0.4, 0.5) is 0 Å². The molecule has 0 radical (unpaired) electrons. The van der Waals surface area contributed by atoms with Crippen molar-refractivity contribution in [3.8, 4) is 0 Å². The van der Waals surface area contributed by atoms with Crippen LogP contribution in [0.1, 0.15) is 26.7 Å². The summed E-state index contributed by atoms with van der Waals surface area (Å²) in [4.78, 5) is 0. The fourth-order valence-corrected chi connectivity index (χ4v) is 3.04. The standard InChI is InChI=1S/C11H26O4Si.H2S/c1-6-11(2)10-15-8-7-9-16(12-3,13-4)14-5;/h11H,6-10H2,1-5H3;1H2. The summed E-state index contributed by atoms with van der Waals surface area (Å²) in [6, 6.07) is 0.803. The van der Waals surface area contributed by atoms with E-state index in [2.05, 4.69) is 13.8 Å². The Labute approximate surface area is 114 Å². The first kappa shape index (κ1) is 19.7. The van der Waals surface area contributed by atoms with Crippen LogP contribution in [0, 0.1) is 5.92 Å². The van der Waals surface area contributed by atoms with E-state index in [1.165, 1.54) is 0 Å². The summed E-state index contributed by atoms with van der Waals surface area (Å²) >= 11 is 0. The second kappa shape index (κ2) is 11.5. The molecule has 0 rings (SSSR count). The van der Waals surface area contributed by atoms with E-state index in [-0.39, 0.29) is 13.5 Å². The number of hydrogen-bond donors (Lipinski definition) is 0. The molecule has 0 saturated carbocycles. The molecule has 17 heavy (non-hydrogen) atoms. The van der Waals surface area contributed by atoms with Gasteiger partial charge in [0.1, 0.15) is 0 Å². The van der Waals surface area contributed by atoms with Gasteiger partial charge in [0.05, 0.1) is 0 Å². The second-order valence-corrected chi connectivity index (χ2v) is 7.08. The molecule has 0 aromatic carbocycles. The number of ether oxygens (including phenoxy) is 1. The van der Waals surface area contributed by atoms with Crippen molar-refractivity contribution in [1.82, 2.24) is 0 Å². The first-order chi connectivity index (χ1) is 7.64. The van der Waals surface area contributed by atoms with Crippen LogP contribution < -0.4 is 0 Å². The van der Waals surface area contributed by atoms with E-state index in [4.69, 9.17) is 18.0 Å². The Balaban J connectivity index is 0. The number of hydrogen-bond acceptors (Lipinski definition) is 4. The van der Waals surface area contributed by atoms with Crippen LogP contribution in [0.5, 0.6) is 0 Å². The SMILES string of the molecule is CCC(C)COCCC[Si](OC)(OC)OC.S. The molecular weight excluding hydrogens is 256 g/mol. The lowest BCUT2D eigenvalue weighted by Gasteiger charge is -2.24. The highest BCUT2D eigenvalue weighted by Gasteiger charge is 2.36. The zero-order chi connectivity index (χ0) is 12.4. The molecule has 1 atom stereocenters. The maximum absolute atomic E-state index is 5.57. The van der Waals surface area contributed by atoms with E-state index in [9.17, 15) is 0 Å². The van der Waals surface area contributed by atoms with Crippen LogP contribution in [0.3, 0.4) is 0 Å². The molecule has 0 aromatic rings. The van der Waals surface area contributed by atoms with E-state index >= 15 is 0 Å². The summed E-state index contributed by atoms with van der Waals surface area (Å²) in [5.74, 6) is 0.634. The fraction of sp³-hybridized carbons (Fsp3) is 1.00. The largest absolute Gasteiger partial charge is 0.500 e. The van der Waals surface area contributed by atoms with E-state index < -0.39 is 8.80 Å². The Kier molecular flexibility index (Phi) is 13.3. The lowest BCUT2D eigenvalue weighted by molar-refractivity contribution is 0.0919. The van der Waals surface area contributed by atoms with Crippen molar-refractivity contribution in [1.29, 1.82) is 0 Å². The summed E-state index contributed by atoms with van der Waals surface area (Å²) in [6.45, 7) is 5.94. The van der Waals surface area contributed by atoms with Gasteiger partial charge in [0, 0.05) is 40.6 Å². The van der Waals surface area contributed by atoms with Crippen LogP contribution >= 0.6 is 13.5 Å². The van der Waals surface area contributed by atoms with Crippen molar-refractivity contribution in [2.75, 3.05) is 34.5 Å². The Morgan fingerprint density at radius 1 is 1.06 bits per heavy atom. The maximum Gasteiger partial charge on any atom is 0.500 e. The molecule has 0 fully saturated rings. The zero-order valence-electron chi connectivity index (χ0n) is 11.7. The molecule has 106 valence electrons. The summed E-state index contributed by atoms with van der Waals surface area (Å²) in [6.07, 6.45) is 2.07. The second-order valence-electron chi connectivity index (χ2n) is 3.99. The quantitative estimate of drug-likeness (QED) is 0.456. The smallest absolute Gasteiger partial charge is 0.381 e. The third kappa shape index (κ3) is 8.18. The van der Waals surface area contributed by atoms with Crippen molar-refractivity contribution in [3.63, 3.8) is 0 Å². The minimum atomic E-state index is -2.38. The highest BCUT2D eigenvalue weighted by atomic mass is 32.1. The third-order valence-corrected chi connectivity index (χ3v) is 5.64. The molecule has 0 aliphatic heterocycles. The summed E-state index contributed by atoms with van der Waals surface area (Å²) < 4.78 is 21.5. The van der Waals surface area contributed by atoms with Gasteiger partial charge in [-0.25, -0.2) is 0 Å². The Bertz CT molecular complexity index is 159. The van der Waals surface area contributed by atoms with Crippen LogP contribution in [-0.2, 0) is 18.0 Å². The molecule has 0 aromatic heterocycles. The Hall–Kier alpha value is 0.407. The van der Waals surface area contributed by atoms with Gasteiger partial charge in [-0.1, -0.05) is 20.3 Å². The predicted octanol–water partition coefficient (Wildman–Crippen LogP) is 2.43. The normalized spacial score (nSPS) is 13.2. The van der Waals surface area contributed by atoms with Crippen LogP contribution in [0.2, 0.25) is 6.04 Å². The minimum absolute atomic E-state index is 0. The van der Waals surface area contributed by atoms with Crippen LogP contribution in [-0.4, -0.2) is 43.3 Å². The number of rotatable bonds is 10. The Morgan fingerprint density at radius 3 is 2.00 bits per heavy atom. The molecule has 0 N–H and O–H groups in total. The molecule has 0 saturated heterocycles. The molecule has 0 aliphatic rings. The minimum Gasteiger partial charge on any atom is -0.381 e. The monoisotopic (exact) mass is 284 g/mol. The molecule has 0 aliphatic carbocycles. The summed E-state index contributed by atoms with van der Waals surface area (Å²) in [5.41, 5.74) is 0. The fourth-order valence-electron chi connectivity index (χ4n) is 1.35. The molecule has 0 amide bonds. The van der Waals surface area contributed by atoms with Gasteiger partial charge in [-0.15, -0.1) is 0 Å². The van der Waals surface area contributed by atoms with E-state index in [1.54, 1.807) is 21.3 Å². The molecule has 6 heteroatoms. The van der Waals surface area contributed by atoms with Gasteiger partial charge in [-0.2, -0.15) is 13.5 Å². The molecule has 0 bridgehead atoms. The van der Waals surface area contributed by atoms with Crippen molar-refractivity contribution < 1.29 is 18.0 Å². The molecule has 4 nitrogen and oxygen atoms in total. The van der Waals surface area contributed by atoms with Gasteiger partial charge >= 0.3 is 8.80 Å². The van der Waals surface area contributed by atoms with Crippen molar-refractivity contribution in [2.24, 2.45) is 5.92 Å². The van der Waals surface area contributed by atoms with E-state index in [0.29, 0.717) is 5.92 Å². The average molecular weight is 284 g/mol. The summed E-state index contributed by atoms with van der Waals surface area (Å²) in [5, 5.41) is 0. The molecule has 0 heterocycles. The maximum atomic E-state index is 5.57. The molecule has 0 spiro atoms. The first-order valence-electron chi connectivity index (χ1n) is 5.87. The summed E-state index contributed by atoms with van der Waals surface area (Å²) in [7, 11) is 2.53. The average Bonchev–Trinajstić information content (AvgIpc) is 2.34. The highest BCUT2D eigenvalue weighted by molar-refractivity contribution is 7.59. The van der Waals surface area contributed by atoms with Crippen molar-refractivity contribution in [3.05, 3.63) is 0 Å². The lowest BCUT2D eigenvalue weighted by atomic mass is 10.1. The van der Waals surface area contributed by atoms with Gasteiger partial charge in [-0.3, -0.25) is 0 Å². The lowest BCUT2D eigenvalue weighted by Crippen LogP contribution is -2.42. The van der Waals surface area contributed by atoms with Gasteiger partial charge in [0.15, 0.2) is 0 Å². The first-order valence-corrected chi connectivity index (χ1v) is 7.80. The van der Waals surface area contributed by atoms with Gasteiger partial charge < -0.3 is 18.0 Å². The Morgan fingerprint density at radius 2 is 1.59 bits per heavy atom. The molecular formula is C11H28O4SSi. The van der Waals surface area contributed by atoms with Gasteiger partial charge in [0.25, 0.3) is 0 Å². The third-order valence-electron chi connectivity index (χ3n) is 2.80. The van der Waals surface area contributed by atoms with Crippen LogP contribution in [0.25, 0.3) is 0 Å². The van der Waals surface area contributed by atoms with Gasteiger partial charge in [-0.05, 0) is 12.3 Å². The van der Waals surface area contributed by atoms with Crippen LogP contribution in [0.15, 0.2) is 0 Å². The van der Waals surface area contributed by atoms with Gasteiger partial charge in [0.2, 0.25) is 0 Å². The highest BCUT2D eigenvalue weighted by Crippen LogP contribution is 2.15. The van der Waals surface area contributed by atoms with E-state index in [1.807, 2.05) is 0 Å². The zero-order valence-corrected chi connectivity index (χ0v) is 13.7. The van der Waals surface area contributed by atoms with Crippen molar-refractivity contribution in [2.45, 2.75) is 32.7 Å².